The number of aryl methyl sites for hydroxylation is 1. The van der Waals surface area contributed by atoms with Crippen LogP contribution in [-0.4, -0.2) is 15.6 Å². The number of aromatic nitrogens is 1. The number of benzene rings is 3. The van der Waals surface area contributed by atoms with Gasteiger partial charge in [0.1, 0.15) is 12.4 Å². The van der Waals surface area contributed by atoms with Gasteiger partial charge in [0, 0.05) is 22.0 Å². The van der Waals surface area contributed by atoms with Crippen molar-refractivity contribution < 1.29 is 27.8 Å². The summed E-state index contributed by atoms with van der Waals surface area (Å²) in [6.45, 7) is 2.00. The van der Waals surface area contributed by atoms with E-state index < -0.39 is 23.3 Å². The maximum absolute atomic E-state index is 13.5. The Morgan fingerprint density at radius 2 is 1.74 bits per heavy atom. The van der Waals surface area contributed by atoms with Gasteiger partial charge in [0.25, 0.3) is 0 Å². The van der Waals surface area contributed by atoms with E-state index in [1.807, 2.05) is 30.3 Å². The Morgan fingerprint density at radius 1 is 1.00 bits per heavy atom. The first-order valence-electron chi connectivity index (χ1n) is 10.2. The Hall–Kier alpha value is -3.71. The Labute approximate surface area is 198 Å². The van der Waals surface area contributed by atoms with Crippen molar-refractivity contribution in [3.8, 4) is 22.7 Å². The maximum atomic E-state index is 13.5. The zero-order valence-electron chi connectivity index (χ0n) is 17.9. The Morgan fingerprint density at radius 3 is 2.41 bits per heavy atom. The van der Waals surface area contributed by atoms with Crippen LogP contribution in [0.2, 0.25) is 5.02 Å². The zero-order chi connectivity index (χ0) is 24.5. The summed E-state index contributed by atoms with van der Waals surface area (Å²) in [7, 11) is 0. The van der Waals surface area contributed by atoms with Crippen LogP contribution in [-0.2, 0) is 12.8 Å². The van der Waals surface area contributed by atoms with Gasteiger partial charge in [-0.2, -0.15) is 13.2 Å². The van der Waals surface area contributed by atoms with Gasteiger partial charge < -0.3 is 14.4 Å². The van der Waals surface area contributed by atoms with Crippen LogP contribution >= 0.6 is 11.6 Å². The van der Waals surface area contributed by atoms with Crippen LogP contribution in [0.5, 0.6) is 5.75 Å². The lowest BCUT2D eigenvalue weighted by Crippen LogP contribution is -2.10. The van der Waals surface area contributed by atoms with Crippen molar-refractivity contribution in [2.45, 2.75) is 19.7 Å². The second-order valence-corrected chi connectivity index (χ2v) is 8.12. The Bertz CT molecular complexity index is 1350. The number of nitrogens with zero attached hydrogens (tertiary/aromatic N) is 1. The van der Waals surface area contributed by atoms with Gasteiger partial charge in [0.05, 0.1) is 16.8 Å². The number of aromatic carboxylic acids is 1. The molecule has 4 aromatic rings. The van der Waals surface area contributed by atoms with Gasteiger partial charge in [0.2, 0.25) is 0 Å². The Balaban J connectivity index is 1.84. The summed E-state index contributed by atoms with van der Waals surface area (Å²) in [6.07, 6.45) is -4.71. The third-order valence-electron chi connectivity index (χ3n) is 5.28. The van der Waals surface area contributed by atoms with Crippen molar-refractivity contribution in [3.05, 3.63) is 106 Å². The maximum Gasteiger partial charge on any atom is 0.416 e. The molecule has 34 heavy (non-hydrogen) atoms. The molecule has 0 spiro atoms. The molecule has 1 aromatic heterocycles. The molecule has 0 bridgehead atoms. The smallest absolute Gasteiger partial charge is 0.416 e. The second kappa shape index (κ2) is 9.27. The average molecular weight is 486 g/mol. The standard InChI is InChI=1S/C26H19ClF3NO3/c1-16-7-9-23(31(16)21-12-18(25(32)33)11-19(13-21)26(28,29)30)22-14-20(27)8-10-24(22)34-15-17-5-3-2-4-6-17/h2-14H,15H2,1H3,(H,32,33). The van der Waals surface area contributed by atoms with Gasteiger partial charge >= 0.3 is 12.1 Å². The minimum atomic E-state index is -4.71. The second-order valence-electron chi connectivity index (χ2n) is 7.68. The lowest BCUT2D eigenvalue weighted by molar-refractivity contribution is -0.137. The molecule has 0 aliphatic heterocycles. The summed E-state index contributed by atoms with van der Waals surface area (Å²) < 4.78 is 48.1. The predicted octanol–water partition coefficient (Wildman–Crippen LogP) is 7.40. The van der Waals surface area contributed by atoms with Crippen molar-refractivity contribution in [2.75, 3.05) is 0 Å². The zero-order valence-corrected chi connectivity index (χ0v) is 18.7. The molecule has 0 unspecified atom stereocenters. The number of ether oxygens (including phenoxy) is 1. The van der Waals surface area contributed by atoms with Crippen molar-refractivity contribution in [3.63, 3.8) is 0 Å². The quantitative estimate of drug-likeness (QED) is 0.309. The van der Waals surface area contributed by atoms with Crippen molar-refractivity contribution in [1.29, 1.82) is 0 Å². The first kappa shape index (κ1) is 23.4. The molecule has 0 amide bonds. The van der Waals surface area contributed by atoms with E-state index in [-0.39, 0.29) is 12.3 Å². The van der Waals surface area contributed by atoms with Crippen molar-refractivity contribution >= 4 is 17.6 Å². The molecule has 0 atom stereocenters. The lowest BCUT2D eigenvalue weighted by Gasteiger charge is -2.18. The highest BCUT2D eigenvalue weighted by Gasteiger charge is 2.32. The first-order valence-corrected chi connectivity index (χ1v) is 10.6. The first-order chi connectivity index (χ1) is 16.1. The molecule has 4 rings (SSSR count). The van der Waals surface area contributed by atoms with Crippen LogP contribution in [0, 0.1) is 6.92 Å². The van der Waals surface area contributed by atoms with E-state index in [4.69, 9.17) is 16.3 Å². The molecule has 3 aromatic carbocycles. The summed E-state index contributed by atoms with van der Waals surface area (Å²) in [5, 5.41) is 9.82. The van der Waals surface area contributed by atoms with Crippen LogP contribution < -0.4 is 4.74 Å². The molecule has 0 fully saturated rings. The van der Waals surface area contributed by atoms with Gasteiger partial charge in [-0.3, -0.25) is 0 Å². The van der Waals surface area contributed by atoms with E-state index in [1.54, 1.807) is 41.8 Å². The number of carboxylic acid groups (broad SMARTS) is 1. The van der Waals surface area contributed by atoms with Gasteiger partial charge in [0.15, 0.2) is 0 Å². The van der Waals surface area contributed by atoms with Gasteiger partial charge in [-0.15, -0.1) is 0 Å². The minimum Gasteiger partial charge on any atom is -0.488 e. The molecule has 0 aliphatic rings. The summed E-state index contributed by atoms with van der Waals surface area (Å²) in [5.74, 6) is -0.966. The van der Waals surface area contributed by atoms with Crippen LogP contribution in [0.25, 0.3) is 16.9 Å². The van der Waals surface area contributed by atoms with E-state index in [0.717, 1.165) is 11.6 Å². The SMILES string of the molecule is Cc1ccc(-c2cc(Cl)ccc2OCc2ccccc2)n1-c1cc(C(=O)O)cc(C(F)(F)F)c1. The molecule has 174 valence electrons. The van der Waals surface area contributed by atoms with Gasteiger partial charge in [-0.25, -0.2) is 4.79 Å². The highest BCUT2D eigenvalue weighted by Crippen LogP contribution is 2.38. The molecule has 0 saturated carbocycles. The monoisotopic (exact) mass is 485 g/mol. The van der Waals surface area contributed by atoms with Crippen molar-refractivity contribution in [1.82, 2.24) is 4.57 Å². The number of carboxylic acids is 1. The van der Waals surface area contributed by atoms with Gasteiger partial charge in [-0.05, 0) is 61.0 Å². The van der Waals surface area contributed by atoms with E-state index in [2.05, 4.69) is 0 Å². The predicted molar refractivity (Wildman–Crippen MR) is 124 cm³/mol. The van der Waals surface area contributed by atoms with Crippen LogP contribution in [0.1, 0.15) is 27.2 Å². The fourth-order valence-electron chi connectivity index (χ4n) is 3.68. The summed E-state index contributed by atoms with van der Waals surface area (Å²) >= 11 is 6.25. The minimum absolute atomic E-state index is 0.0682. The number of hydrogen-bond donors (Lipinski definition) is 1. The summed E-state index contributed by atoms with van der Waals surface area (Å²) in [6, 6.07) is 20.8. The topological polar surface area (TPSA) is 51.5 Å². The third kappa shape index (κ3) is 4.94. The molecule has 8 heteroatoms. The van der Waals surface area contributed by atoms with Gasteiger partial charge in [-0.1, -0.05) is 41.9 Å². The Kier molecular flexibility index (Phi) is 6.39. The van der Waals surface area contributed by atoms with Crippen LogP contribution in [0.4, 0.5) is 13.2 Å². The van der Waals surface area contributed by atoms with E-state index in [0.29, 0.717) is 33.8 Å². The number of alkyl halides is 3. The van der Waals surface area contributed by atoms with Crippen LogP contribution in [0.15, 0.2) is 78.9 Å². The van der Waals surface area contributed by atoms with Crippen LogP contribution in [0.3, 0.4) is 0 Å². The molecule has 1 heterocycles. The van der Waals surface area contributed by atoms with E-state index >= 15 is 0 Å². The molecule has 1 N–H and O–H groups in total. The summed E-state index contributed by atoms with van der Waals surface area (Å²) in [4.78, 5) is 11.5. The number of hydrogen-bond acceptors (Lipinski definition) is 2. The number of rotatable bonds is 6. The molecular formula is C26H19ClF3NO3. The molecule has 4 nitrogen and oxygen atoms in total. The molecule has 0 aliphatic carbocycles. The highest BCUT2D eigenvalue weighted by molar-refractivity contribution is 6.31. The molecule has 0 saturated heterocycles. The number of carbonyl (C=O) groups is 1. The normalized spacial score (nSPS) is 11.4. The number of halogens is 4. The fraction of sp³-hybridized carbons (Fsp3) is 0.115. The fourth-order valence-corrected chi connectivity index (χ4v) is 3.85. The molecular weight excluding hydrogens is 467 g/mol. The third-order valence-corrected chi connectivity index (χ3v) is 5.52. The molecule has 0 radical (unpaired) electrons. The summed E-state index contributed by atoms with van der Waals surface area (Å²) in [5.41, 5.74) is 1.19. The van der Waals surface area contributed by atoms with E-state index in [1.165, 1.54) is 6.07 Å². The lowest BCUT2D eigenvalue weighted by atomic mass is 10.1. The highest BCUT2D eigenvalue weighted by atomic mass is 35.5. The largest absolute Gasteiger partial charge is 0.488 e. The van der Waals surface area contributed by atoms with Crippen molar-refractivity contribution in [2.24, 2.45) is 0 Å². The van der Waals surface area contributed by atoms with E-state index in [9.17, 15) is 23.1 Å². The average Bonchev–Trinajstić information content (AvgIpc) is 3.19.